The zero-order valence-corrected chi connectivity index (χ0v) is 11.8. The van der Waals surface area contributed by atoms with E-state index in [0.717, 1.165) is 5.56 Å². The maximum Gasteiger partial charge on any atom is 0.315 e. The molecule has 0 aliphatic rings. The molecule has 0 aliphatic carbocycles. The van der Waals surface area contributed by atoms with E-state index >= 15 is 0 Å². The Labute approximate surface area is 117 Å². The zero-order chi connectivity index (χ0) is 15.1. The van der Waals surface area contributed by atoms with Crippen molar-refractivity contribution in [1.29, 1.82) is 0 Å². The van der Waals surface area contributed by atoms with Crippen LogP contribution in [0, 0.1) is 6.92 Å². The summed E-state index contributed by atoms with van der Waals surface area (Å²) < 4.78 is 4.69. The fraction of sp³-hybridized carbons (Fsp3) is 0.357. The highest BCUT2D eigenvalue weighted by atomic mass is 16.5. The van der Waals surface area contributed by atoms with Crippen molar-refractivity contribution in [2.75, 3.05) is 17.2 Å². The van der Waals surface area contributed by atoms with Crippen LogP contribution in [0.15, 0.2) is 18.2 Å². The number of hydrogen-bond donors (Lipinski definition) is 2. The number of rotatable bonds is 5. The molecule has 6 heteroatoms. The van der Waals surface area contributed by atoms with Crippen molar-refractivity contribution in [3.8, 4) is 0 Å². The van der Waals surface area contributed by atoms with Gasteiger partial charge in [0.2, 0.25) is 11.8 Å². The van der Waals surface area contributed by atoms with Crippen molar-refractivity contribution in [3.63, 3.8) is 0 Å². The van der Waals surface area contributed by atoms with Crippen molar-refractivity contribution in [1.82, 2.24) is 0 Å². The third kappa shape index (κ3) is 5.09. The molecule has 0 unspecified atom stereocenters. The van der Waals surface area contributed by atoms with Crippen LogP contribution < -0.4 is 10.6 Å². The second kappa shape index (κ2) is 7.28. The summed E-state index contributed by atoms with van der Waals surface area (Å²) in [5.74, 6) is -1.15. The molecule has 108 valence electrons. The molecule has 0 saturated carbocycles. The van der Waals surface area contributed by atoms with Crippen LogP contribution in [-0.4, -0.2) is 24.4 Å². The first kappa shape index (κ1) is 15.7. The Morgan fingerprint density at radius 2 is 1.90 bits per heavy atom. The van der Waals surface area contributed by atoms with Crippen molar-refractivity contribution >= 4 is 29.2 Å². The molecule has 0 spiro atoms. The lowest BCUT2D eigenvalue weighted by Crippen LogP contribution is -2.18. The molecule has 0 radical (unpaired) electrons. The number of hydrogen-bond acceptors (Lipinski definition) is 4. The summed E-state index contributed by atoms with van der Waals surface area (Å²) in [7, 11) is 0. The SMILES string of the molecule is CCOC(=O)CC(=O)Nc1ccc(NC(C)=O)c(C)c1. The van der Waals surface area contributed by atoms with Crippen LogP contribution in [0.3, 0.4) is 0 Å². The lowest BCUT2D eigenvalue weighted by atomic mass is 10.1. The molecular weight excluding hydrogens is 260 g/mol. The number of amides is 2. The molecule has 1 aromatic rings. The van der Waals surface area contributed by atoms with Gasteiger partial charge in [-0.1, -0.05) is 0 Å². The Kier molecular flexibility index (Phi) is 5.71. The van der Waals surface area contributed by atoms with Crippen molar-refractivity contribution < 1.29 is 19.1 Å². The topological polar surface area (TPSA) is 84.5 Å². The van der Waals surface area contributed by atoms with Gasteiger partial charge in [0.05, 0.1) is 6.61 Å². The summed E-state index contributed by atoms with van der Waals surface area (Å²) in [6, 6.07) is 5.06. The van der Waals surface area contributed by atoms with Gasteiger partial charge in [0.25, 0.3) is 0 Å². The van der Waals surface area contributed by atoms with Gasteiger partial charge in [-0.2, -0.15) is 0 Å². The molecule has 0 aromatic heterocycles. The smallest absolute Gasteiger partial charge is 0.315 e. The zero-order valence-electron chi connectivity index (χ0n) is 11.8. The van der Waals surface area contributed by atoms with E-state index in [1.165, 1.54) is 6.92 Å². The van der Waals surface area contributed by atoms with Crippen LogP contribution in [0.2, 0.25) is 0 Å². The molecule has 1 rings (SSSR count). The number of benzene rings is 1. The Morgan fingerprint density at radius 1 is 1.20 bits per heavy atom. The second-order valence-corrected chi connectivity index (χ2v) is 4.24. The van der Waals surface area contributed by atoms with E-state index in [4.69, 9.17) is 0 Å². The first-order valence-electron chi connectivity index (χ1n) is 6.26. The minimum absolute atomic E-state index is 0.160. The lowest BCUT2D eigenvalue weighted by molar-refractivity contribution is -0.145. The Hall–Kier alpha value is -2.37. The van der Waals surface area contributed by atoms with E-state index in [2.05, 4.69) is 15.4 Å². The van der Waals surface area contributed by atoms with E-state index in [1.54, 1.807) is 25.1 Å². The summed E-state index contributed by atoms with van der Waals surface area (Å²) in [5, 5.41) is 5.28. The number of anilines is 2. The predicted octanol–water partition coefficient (Wildman–Crippen LogP) is 1.85. The number of nitrogens with one attached hydrogen (secondary N) is 2. The Bertz CT molecular complexity index is 526. The summed E-state index contributed by atoms with van der Waals surface area (Å²) in [4.78, 5) is 33.7. The quantitative estimate of drug-likeness (QED) is 0.636. The molecule has 1 aromatic carbocycles. The van der Waals surface area contributed by atoms with Gasteiger partial charge in [-0.3, -0.25) is 14.4 Å². The summed E-state index contributed by atoms with van der Waals surface area (Å²) >= 11 is 0. The number of carbonyl (C=O) groups is 3. The van der Waals surface area contributed by atoms with Crippen molar-refractivity contribution in [2.24, 2.45) is 0 Å². The fourth-order valence-electron chi connectivity index (χ4n) is 1.62. The Balaban J connectivity index is 2.65. The molecule has 20 heavy (non-hydrogen) atoms. The van der Waals surface area contributed by atoms with Gasteiger partial charge in [0.15, 0.2) is 0 Å². The standard InChI is InChI=1S/C14H18N2O4/c1-4-20-14(19)8-13(18)16-11-5-6-12(9(2)7-11)15-10(3)17/h5-7H,4,8H2,1-3H3,(H,15,17)(H,16,18). The maximum absolute atomic E-state index is 11.6. The molecular formula is C14H18N2O4. The van der Waals surface area contributed by atoms with Crippen LogP contribution in [0.4, 0.5) is 11.4 Å². The number of aryl methyl sites for hydroxylation is 1. The van der Waals surface area contributed by atoms with Gasteiger partial charge < -0.3 is 15.4 Å². The third-order valence-corrected chi connectivity index (χ3v) is 2.43. The highest BCUT2D eigenvalue weighted by Gasteiger charge is 2.11. The number of esters is 1. The molecule has 0 saturated heterocycles. The number of ether oxygens (including phenoxy) is 1. The first-order valence-corrected chi connectivity index (χ1v) is 6.26. The van der Waals surface area contributed by atoms with Gasteiger partial charge in [0, 0.05) is 18.3 Å². The largest absolute Gasteiger partial charge is 0.466 e. The van der Waals surface area contributed by atoms with Crippen LogP contribution in [0.1, 0.15) is 25.8 Å². The third-order valence-electron chi connectivity index (χ3n) is 2.43. The highest BCUT2D eigenvalue weighted by Crippen LogP contribution is 2.19. The van der Waals surface area contributed by atoms with Gasteiger partial charge in [-0.05, 0) is 37.6 Å². The highest BCUT2D eigenvalue weighted by molar-refractivity contribution is 6.02. The minimum Gasteiger partial charge on any atom is -0.466 e. The minimum atomic E-state index is -0.559. The van der Waals surface area contributed by atoms with Crippen molar-refractivity contribution in [2.45, 2.75) is 27.2 Å². The van der Waals surface area contributed by atoms with Crippen LogP contribution >= 0.6 is 0 Å². The van der Waals surface area contributed by atoms with Gasteiger partial charge in [-0.15, -0.1) is 0 Å². The fourth-order valence-corrected chi connectivity index (χ4v) is 1.62. The van der Waals surface area contributed by atoms with E-state index < -0.39 is 11.9 Å². The molecule has 0 aliphatic heterocycles. The van der Waals surface area contributed by atoms with Gasteiger partial charge >= 0.3 is 5.97 Å². The molecule has 0 atom stereocenters. The van der Waals surface area contributed by atoms with E-state index in [1.807, 2.05) is 6.92 Å². The maximum atomic E-state index is 11.6. The van der Waals surface area contributed by atoms with E-state index in [9.17, 15) is 14.4 Å². The molecule has 0 bridgehead atoms. The monoisotopic (exact) mass is 278 g/mol. The normalized spacial score (nSPS) is 9.75. The van der Waals surface area contributed by atoms with Gasteiger partial charge in [-0.25, -0.2) is 0 Å². The predicted molar refractivity (Wildman–Crippen MR) is 75.4 cm³/mol. The van der Waals surface area contributed by atoms with Crippen LogP contribution in [0.25, 0.3) is 0 Å². The number of carbonyl (C=O) groups excluding carboxylic acids is 3. The molecule has 0 fully saturated rings. The van der Waals surface area contributed by atoms with Crippen molar-refractivity contribution in [3.05, 3.63) is 23.8 Å². The average Bonchev–Trinajstić information content (AvgIpc) is 2.32. The van der Waals surface area contributed by atoms with E-state index in [0.29, 0.717) is 11.4 Å². The summed E-state index contributed by atoms with van der Waals surface area (Å²) in [6.45, 7) is 5.16. The molecule has 6 nitrogen and oxygen atoms in total. The van der Waals surface area contributed by atoms with Gasteiger partial charge in [0.1, 0.15) is 6.42 Å². The second-order valence-electron chi connectivity index (χ2n) is 4.24. The first-order chi connectivity index (χ1) is 9.42. The average molecular weight is 278 g/mol. The molecule has 0 heterocycles. The van der Waals surface area contributed by atoms with Crippen LogP contribution in [-0.2, 0) is 19.1 Å². The lowest BCUT2D eigenvalue weighted by Gasteiger charge is -2.10. The summed E-state index contributed by atoms with van der Waals surface area (Å²) in [5.41, 5.74) is 2.06. The van der Waals surface area contributed by atoms with E-state index in [-0.39, 0.29) is 18.9 Å². The molecule has 2 amide bonds. The summed E-state index contributed by atoms with van der Waals surface area (Å²) in [6.07, 6.45) is -0.319. The Morgan fingerprint density at radius 3 is 2.45 bits per heavy atom. The van der Waals surface area contributed by atoms with Crippen LogP contribution in [0.5, 0.6) is 0 Å². The molecule has 2 N–H and O–H groups in total.